The number of hydrogen-bond acceptors (Lipinski definition) is 3. The van der Waals surface area contributed by atoms with Gasteiger partial charge >= 0.3 is 0 Å². The Kier molecular flexibility index (Phi) is 5.48. The summed E-state index contributed by atoms with van der Waals surface area (Å²) in [5, 5.41) is 4.07. The number of nitrogens with one attached hydrogen (secondary N) is 1. The second-order valence-corrected chi connectivity index (χ2v) is 7.92. The van der Waals surface area contributed by atoms with Gasteiger partial charge in [0.05, 0.1) is 16.6 Å². The lowest BCUT2D eigenvalue weighted by Crippen LogP contribution is -2.33. The van der Waals surface area contributed by atoms with Crippen molar-refractivity contribution in [2.75, 3.05) is 5.32 Å². The van der Waals surface area contributed by atoms with Crippen molar-refractivity contribution in [1.29, 1.82) is 0 Å². The molecule has 0 radical (unpaired) electrons. The predicted octanol–water partition coefficient (Wildman–Crippen LogP) is 6.84. The van der Waals surface area contributed by atoms with Gasteiger partial charge in [-0.15, -0.1) is 0 Å². The summed E-state index contributed by atoms with van der Waals surface area (Å²) in [6.07, 6.45) is 1.38. The van der Waals surface area contributed by atoms with Crippen molar-refractivity contribution in [1.82, 2.24) is 0 Å². The SMILES string of the molecule is Cc1ccc2c(c1)CCC(C(=O)c1cc(F)ccc1Oc1cc(Cl)ccc1Cl)N2. The zero-order valence-corrected chi connectivity index (χ0v) is 17.1. The summed E-state index contributed by atoms with van der Waals surface area (Å²) in [7, 11) is 0. The molecule has 3 aromatic carbocycles. The number of Topliss-reactive ketones (excluding diaryl/α,β-unsaturated/α-hetero) is 1. The van der Waals surface area contributed by atoms with Gasteiger partial charge in [-0.05, 0) is 61.7 Å². The molecule has 1 heterocycles. The molecule has 1 unspecified atom stereocenters. The van der Waals surface area contributed by atoms with E-state index >= 15 is 0 Å². The Hall–Kier alpha value is -2.56. The molecule has 0 spiro atoms. The molecule has 3 aromatic rings. The second-order valence-electron chi connectivity index (χ2n) is 7.08. The molecule has 1 aliphatic heterocycles. The minimum absolute atomic E-state index is 0.161. The van der Waals surface area contributed by atoms with E-state index in [1.807, 2.05) is 19.1 Å². The normalized spacial score (nSPS) is 15.4. The van der Waals surface area contributed by atoms with Crippen LogP contribution in [0.15, 0.2) is 54.6 Å². The monoisotopic (exact) mass is 429 g/mol. The highest BCUT2D eigenvalue weighted by Crippen LogP contribution is 2.35. The van der Waals surface area contributed by atoms with E-state index in [-0.39, 0.29) is 17.1 Å². The summed E-state index contributed by atoms with van der Waals surface area (Å²) in [5.41, 5.74) is 3.44. The van der Waals surface area contributed by atoms with Crippen LogP contribution in [0.25, 0.3) is 0 Å². The van der Waals surface area contributed by atoms with Crippen LogP contribution in [0.3, 0.4) is 0 Å². The van der Waals surface area contributed by atoms with Crippen LogP contribution >= 0.6 is 23.2 Å². The molecule has 1 aliphatic rings. The van der Waals surface area contributed by atoms with Gasteiger partial charge in [0, 0.05) is 16.8 Å². The van der Waals surface area contributed by atoms with E-state index in [1.165, 1.54) is 29.3 Å². The first-order valence-corrected chi connectivity index (χ1v) is 9.99. The van der Waals surface area contributed by atoms with Crippen LogP contribution in [0, 0.1) is 12.7 Å². The first-order valence-electron chi connectivity index (χ1n) is 9.23. The smallest absolute Gasteiger partial charge is 0.188 e. The third-order valence-corrected chi connectivity index (χ3v) is 5.48. The molecule has 0 aromatic heterocycles. The molecule has 0 saturated heterocycles. The topological polar surface area (TPSA) is 38.3 Å². The maximum atomic E-state index is 14.0. The Morgan fingerprint density at radius 2 is 1.90 bits per heavy atom. The van der Waals surface area contributed by atoms with Gasteiger partial charge in [-0.3, -0.25) is 4.79 Å². The predicted molar refractivity (Wildman–Crippen MR) is 114 cm³/mol. The van der Waals surface area contributed by atoms with Gasteiger partial charge in [0.25, 0.3) is 0 Å². The first-order chi connectivity index (χ1) is 13.9. The lowest BCUT2D eigenvalue weighted by molar-refractivity contribution is 0.0962. The highest BCUT2D eigenvalue weighted by molar-refractivity contribution is 6.34. The van der Waals surface area contributed by atoms with Crippen LogP contribution < -0.4 is 10.1 Å². The number of carbonyl (C=O) groups excluding carboxylic acids is 1. The fourth-order valence-corrected chi connectivity index (χ4v) is 3.79. The Morgan fingerprint density at radius 1 is 1.07 bits per heavy atom. The molecule has 0 bridgehead atoms. The number of halogens is 3. The lowest BCUT2D eigenvalue weighted by atomic mass is 9.92. The maximum absolute atomic E-state index is 14.0. The molecule has 6 heteroatoms. The Bertz CT molecular complexity index is 1100. The van der Waals surface area contributed by atoms with Crippen molar-refractivity contribution < 1.29 is 13.9 Å². The Balaban J connectivity index is 1.64. The average molecular weight is 430 g/mol. The third kappa shape index (κ3) is 4.24. The maximum Gasteiger partial charge on any atom is 0.188 e. The number of ketones is 1. The number of rotatable bonds is 4. The molecule has 0 saturated carbocycles. The van der Waals surface area contributed by atoms with Crippen molar-refractivity contribution in [3.05, 3.63) is 87.2 Å². The largest absolute Gasteiger partial charge is 0.455 e. The van der Waals surface area contributed by atoms with Crippen molar-refractivity contribution in [2.45, 2.75) is 25.8 Å². The molecule has 148 valence electrons. The third-order valence-electron chi connectivity index (χ3n) is 4.93. The molecule has 0 fully saturated rings. The molecular formula is C23H18Cl2FNO2. The number of anilines is 1. The van der Waals surface area contributed by atoms with E-state index in [9.17, 15) is 9.18 Å². The van der Waals surface area contributed by atoms with Gasteiger partial charge in [0.15, 0.2) is 5.78 Å². The molecule has 29 heavy (non-hydrogen) atoms. The van der Waals surface area contributed by atoms with Gasteiger partial charge < -0.3 is 10.1 Å². The number of benzene rings is 3. The Morgan fingerprint density at radius 3 is 2.72 bits per heavy atom. The molecule has 3 nitrogen and oxygen atoms in total. The van der Waals surface area contributed by atoms with E-state index in [0.717, 1.165) is 12.1 Å². The quantitative estimate of drug-likeness (QED) is 0.461. The van der Waals surface area contributed by atoms with Gasteiger partial charge in [-0.25, -0.2) is 4.39 Å². The summed E-state index contributed by atoms with van der Waals surface area (Å²) in [6.45, 7) is 2.04. The minimum atomic E-state index is -0.510. The van der Waals surface area contributed by atoms with Crippen LogP contribution in [0.5, 0.6) is 11.5 Å². The highest BCUT2D eigenvalue weighted by atomic mass is 35.5. The minimum Gasteiger partial charge on any atom is -0.455 e. The second kappa shape index (κ2) is 8.05. The zero-order chi connectivity index (χ0) is 20.5. The zero-order valence-electron chi connectivity index (χ0n) is 15.6. The van der Waals surface area contributed by atoms with Crippen LogP contribution in [0.2, 0.25) is 10.0 Å². The van der Waals surface area contributed by atoms with Gasteiger partial charge in [-0.1, -0.05) is 40.9 Å². The van der Waals surface area contributed by atoms with Crippen LogP contribution in [-0.4, -0.2) is 11.8 Å². The first kappa shape index (κ1) is 19.7. The van der Waals surface area contributed by atoms with E-state index in [2.05, 4.69) is 11.4 Å². The average Bonchev–Trinajstić information content (AvgIpc) is 2.71. The molecule has 1 atom stereocenters. The molecule has 0 amide bonds. The van der Waals surface area contributed by atoms with Gasteiger partial charge in [-0.2, -0.15) is 0 Å². The summed E-state index contributed by atoms with van der Waals surface area (Å²) < 4.78 is 19.8. The Labute approximate surface area is 178 Å². The number of hydrogen-bond donors (Lipinski definition) is 1. The van der Waals surface area contributed by atoms with Crippen molar-refractivity contribution in [3.63, 3.8) is 0 Å². The highest BCUT2D eigenvalue weighted by Gasteiger charge is 2.27. The number of ether oxygens (including phenoxy) is 1. The standard InChI is InChI=1S/C23H18Cl2FNO2/c1-13-2-7-19-14(10-13)3-8-20(27-19)23(28)17-12-16(26)5-9-21(17)29-22-11-15(24)4-6-18(22)25/h2,4-7,9-12,20,27H,3,8H2,1H3. The van der Waals surface area contributed by atoms with Crippen molar-refractivity contribution in [3.8, 4) is 11.5 Å². The molecular weight excluding hydrogens is 412 g/mol. The molecule has 4 rings (SSSR count). The van der Waals surface area contributed by atoms with E-state index < -0.39 is 11.9 Å². The number of aryl methyl sites for hydroxylation is 2. The summed E-state index contributed by atoms with van der Waals surface area (Å²) in [4.78, 5) is 13.2. The van der Waals surface area contributed by atoms with Crippen LogP contribution in [0.4, 0.5) is 10.1 Å². The fourth-order valence-electron chi connectivity index (χ4n) is 3.47. The van der Waals surface area contributed by atoms with Crippen molar-refractivity contribution in [2.24, 2.45) is 0 Å². The van der Waals surface area contributed by atoms with Crippen molar-refractivity contribution >= 4 is 34.7 Å². The molecule has 0 aliphatic carbocycles. The van der Waals surface area contributed by atoms with E-state index in [4.69, 9.17) is 27.9 Å². The number of carbonyl (C=O) groups is 1. The van der Waals surface area contributed by atoms with E-state index in [0.29, 0.717) is 22.2 Å². The summed E-state index contributed by atoms with van der Waals surface area (Å²) >= 11 is 12.2. The van der Waals surface area contributed by atoms with Crippen LogP contribution in [-0.2, 0) is 6.42 Å². The number of fused-ring (bicyclic) bond motifs is 1. The lowest BCUT2D eigenvalue weighted by Gasteiger charge is -2.27. The molecule has 1 N–H and O–H groups in total. The van der Waals surface area contributed by atoms with E-state index in [1.54, 1.807) is 18.2 Å². The fraction of sp³-hybridized carbons (Fsp3) is 0.174. The summed E-state index contributed by atoms with van der Waals surface area (Å²) in [6, 6.07) is 14.3. The van der Waals surface area contributed by atoms with Crippen LogP contribution in [0.1, 0.15) is 27.9 Å². The van der Waals surface area contributed by atoms with Gasteiger partial charge in [0.1, 0.15) is 17.3 Å². The van der Waals surface area contributed by atoms with Gasteiger partial charge in [0.2, 0.25) is 0 Å². The summed E-state index contributed by atoms with van der Waals surface area (Å²) in [5.74, 6) is -0.206.